The average Bonchev–Trinajstić information content (AvgIpc) is 2.06. The number of nitrogens with zero attached hydrogens (tertiary/aromatic N) is 1. The minimum Gasteiger partial charge on any atom is -0.239 e. The number of rotatable bonds is 0. The van der Waals surface area contributed by atoms with Crippen LogP contribution in [0.2, 0.25) is 5.02 Å². The Kier molecular flexibility index (Phi) is 2.76. The molecule has 0 unspecified atom stereocenters. The van der Waals surface area contributed by atoms with Gasteiger partial charge in [-0.25, -0.2) is 4.98 Å². The Balaban J connectivity index is 2.87. The Morgan fingerprint density at radius 2 is 2.08 bits per heavy atom. The van der Waals surface area contributed by atoms with Crippen LogP contribution < -0.4 is 0 Å². The van der Waals surface area contributed by atoms with Crippen molar-refractivity contribution in [2.75, 3.05) is 0 Å². The Morgan fingerprint density at radius 1 is 1.31 bits per heavy atom. The molecule has 2 aromatic rings. The fourth-order valence-corrected chi connectivity index (χ4v) is 2.54. The van der Waals surface area contributed by atoms with Crippen molar-refractivity contribution in [3.8, 4) is 0 Å². The molecule has 1 aromatic heterocycles. The molecule has 0 spiro atoms. The molecule has 0 N–H and O–H groups in total. The molecule has 1 aromatic carbocycles. The predicted molar refractivity (Wildman–Crippen MR) is 67.2 cm³/mol. The van der Waals surface area contributed by atoms with Crippen molar-refractivity contribution in [3.63, 3.8) is 0 Å². The van der Waals surface area contributed by atoms with Crippen molar-refractivity contribution in [1.82, 2.24) is 4.98 Å². The fraction of sp³-hybridized carbons (Fsp3) is 0. The van der Waals surface area contributed by atoms with Crippen molar-refractivity contribution in [2.24, 2.45) is 0 Å². The zero-order chi connectivity index (χ0) is 9.42. The van der Waals surface area contributed by atoms with Gasteiger partial charge in [0.2, 0.25) is 0 Å². The Labute approximate surface area is 103 Å². The molecule has 4 heteroatoms. The third-order valence-corrected chi connectivity index (χ3v) is 3.03. The Hall–Kier alpha value is 0.130. The molecule has 0 aliphatic carbocycles. The van der Waals surface area contributed by atoms with Crippen LogP contribution in [0.15, 0.2) is 28.9 Å². The van der Waals surface area contributed by atoms with Gasteiger partial charge in [-0.1, -0.05) is 17.7 Å². The molecule has 0 atom stereocenters. The smallest absolute Gasteiger partial charge is 0.106 e. The van der Waals surface area contributed by atoms with Crippen LogP contribution in [0.5, 0.6) is 0 Å². The zero-order valence-corrected chi connectivity index (χ0v) is 10.9. The third kappa shape index (κ3) is 1.97. The number of hydrogen-bond acceptors (Lipinski definition) is 1. The molecule has 0 aliphatic heterocycles. The van der Waals surface area contributed by atoms with Gasteiger partial charge >= 0.3 is 0 Å². The highest BCUT2D eigenvalue weighted by Crippen LogP contribution is 2.25. The average molecular weight is 368 g/mol. The predicted octanol–water partition coefficient (Wildman–Crippen LogP) is 4.26. The molecule has 0 saturated carbocycles. The van der Waals surface area contributed by atoms with Gasteiger partial charge in [0.1, 0.15) is 4.60 Å². The minimum atomic E-state index is 0.697. The maximum absolute atomic E-state index is 6.05. The van der Waals surface area contributed by atoms with Crippen LogP contribution in [-0.2, 0) is 0 Å². The summed E-state index contributed by atoms with van der Waals surface area (Å²) in [6.07, 6.45) is 0. The summed E-state index contributed by atoms with van der Waals surface area (Å²) in [5, 5.41) is 1.77. The Morgan fingerprint density at radius 3 is 2.85 bits per heavy atom. The largest absolute Gasteiger partial charge is 0.239 e. The summed E-state index contributed by atoms with van der Waals surface area (Å²) in [5.74, 6) is 0. The lowest BCUT2D eigenvalue weighted by molar-refractivity contribution is 1.35. The van der Waals surface area contributed by atoms with Crippen LogP contribution in [0.4, 0.5) is 0 Å². The maximum atomic E-state index is 6.05. The van der Waals surface area contributed by atoms with Crippen LogP contribution in [0.1, 0.15) is 0 Å². The number of hydrogen-bond donors (Lipinski definition) is 0. The summed E-state index contributed by atoms with van der Waals surface area (Å²) in [4.78, 5) is 4.30. The molecule has 2 rings (SSSR count). The van der Waals surface area contributed by atoms with E-state index in [1.807, 2.05) is 18.2 Å². The summed E-state index contributed by atoms with van der Waals surface area (Å²) in [6.45, 7) is 0. The first-order chi connectivity index (χ1) is 6.16. The van der Waals surface area contributed by atoms with Gasteiger partial charge in [0.05, 0.1) is 10.5 Å². The molecule has 1 heterocycles. The number of benzene rings is 1. The minimum absolute atomic E-state index is 0.697. The van der Waals surface area contributed by atoms with E-state index in [4.69, 9.17) is 11.6 Å². The van der Waals surface area contributed by atoms with Crippen LogP contribution in [0.3, 0.4) is 0 Å². The van der Waals surface area contributed by atoms with Gasteiger partial charge in [0.25, 0.3) is 0 Å². The van der Waals surface area contributed by atoms with E-state index in [9.17, 15) is 0 Å². The highest BCUT2D eigenvalue weighted by molar-refractivity contribution is 14.1. The normalized spacial score (nSPS) is 10.7. The molecule has 0 saturated heterocycles. The van der Waals surface area contributed by atoms with Gasteiger partial charge in [0, 0.05) is 8.96 Å². The second kappa shape index (κ2) is 3.71. The lowest BCUT2D eigenvalue weighted by atomic mass is 10.2. The number of fused-ring (bicyclic) bond motifs is 1. The van der Waals surface area contributed by atoms with E-state index < -0.39 is 0 Å². The first kappa shape index (κ1) is 9.68. The van der Waals surface area contributed by atoms with Gasteiger partial charge < -0.3 is 0 Å². The summed E-state index contributed by atoms with van der Waals surface area (Å²) < 4.78 is 1.93. The van der Waals surface area contributed by atoms with E-state index in [-0.39, 0.29) is 0 Å². The van der Waals surface area contributed by atoms with Gasteiger partial charge in [-0.2, -0.15) is 0 Å². The second-order valence-electron chi connectivity index (χ2n) is 2.59. The fourth-order valence-electron chi connectivity index (χ4n) is 1.13. The van der Waals surface area contributed by atoms with E-state index in [2.05, 4.69) is 49.6 Å². The molecule has 0 bridgehead atoms. The molecule has 0 radical (unpaired) electrons. The number of halogens is 3. The van der Waals surface area contributed by atoms with Crippen molar-refractivity contribution < 1.29 is 0 Å². The highest BCUT2D eigenvalue weighted by Gasteiger charge is 2.02. The van der Waals surface area contributed by atoms with Crippen molar-refractivity contribution in [3.05, 3.63) is 37.5 Å². The lowest BCUT2D eigenvalue weighted by Gasteiger charge is -2.01. The van der Waals surface area contributed by atoms with Gasteiger partial charge in [0.15, 0.2) is 0 Å². The lowest BCUT2D eigenvalue weighted by Crippen LogP contribution is -1.82. The second-order valence-corrected chi connectivity index (χ2v) is 5.06. The monoisotopic (exact) mass is 367 g/mol. The van der Waals surface area contributed by atoms with E-state index in [1.165, 1.54) is 0 Å². The highest BCUT2D eigenvalue weighted by atomic mass is 127. The summed E-state index contributed by atoms with van der Waals surface area (Å²) in [7, 11) is 0. The van der Waals surface area contributed by atoms with E-state index >= 15 is 0 Å². The zero-order valence-electron chi connectivity index (χ0n) is 6.39. The van der Waals surface area contributed by atoms with E-state index in [1.54, 1.807) is 0 Å². The number of aromatic nitrogens is 1. The molecule has 66 valence electrons. The van der Waals surface area contributed by atoms with E-state index in [0.29, 0.717) is 5.02 Å². The van der Waals surface area contributed by atoms with Crippen LogP contribution in [0, 0.1) is 3.57 Å². The Bertz CT molecular complexity index is 472. The third-order valence-electron chi connectivity index (χ3n) is 1.68. The van der Waals surface area contributed by atoms with Crippen molar-refractivity contribution in [1.29, 1.82) is 0 Å². The first-order valence-corrected chi connectivity index (χ1v) is 5.83. The molecule has 0 amide bonds. The first-order valence-electron chi connectivity index (χ1n) is 3.58. The summed E-state index contributed by atoms with van der Waals surface area (Å²) >= 11 is 11.6. The van der Waals surface area contributed by atoms with Crippen molar-refractivity contribution >= 4 is 61.0 Å². The SMILES string of the molecule is Clc1cc(I)cc2ccc(Br)nc12. The van der Waals surface area contributed by atoms with Gasteiger partial charge in [-0.15, -0.1) is 0 Å². The summed E-state index contributed by atoms with van der Waals surface area (Å²) in [5.41, 5.74) is 0.844. The van der Waals surface area contributed by atoms with Crippen molar-refractivity contribution in [2.45, 2.75) is 0 Å². The van der Waals surface area contributed by atoms with Crippen LogP contribution in [-0.4, -0.2) is 4.98 Å². The maximum Gasteiger partial charge on any atom is 0.106 e. The topological polar surface area (TPSA) is 12.9 Å². The molecule has 1 nitrogen and oxygen atoms in total. The molecular weight excluding hydrogens is 364 g/mol. The number of pyridine rings is 1. The molecule has 0 aliphatic rings. The standard InChI is InChI=1S/C9H4BrClIN/c10-8-2-1-5-3-6(12)4-7(11)9(5)13-8/h1-4H. The van der Waals surface area contributed by atoms with Crippen LogP contribution >= 0.6 is 50.1 Å². The molecule has 13 heavy (non-hydrogen) atoms. The van der Waals surface area contributed by atoms with Gasteiger partial charge in [-0.05, 0) is 56.7 Å². The summed E-state index contributed by atoms with van der Waals surface area (Å²) in [6, 6.07) is 7.88. The van der Waals surface area contributed by atoms with E-state index in [0.717, 1.165) is 19.1 Å². The van der Waals surface area contributed by atoms with Crippen LogP contribution in [0.25, 0.3) is 10.9 Å². The molecular formula is C9H4BrClIN. The van der Waals surface area contributed by atoms with Gasteiger partial charge in [-0.3, -0.25) is 0 Å². The molecule has 0 fully saturated rings. The quantitative estimate of drug-likeness (QED) is 0.500.